The molecule has 8 nitrogen and oxygen atoms in total. The predicted molar refractivity (Wildman–Crippen MR) is 155 cm³/mol. The van der Waals surface area contributed by atoms with Crippen LogP contribution in [-0.2, 0) is 0 Å². The quantitative estimate of drug-likeness (QED) is 0.104. The fraction of sp³-hybridized carbons (Fsp3) is 0.0741. The van der Waals surface area contributed by atoms with Gasteiger partial charge in [-0.1, -0.05) is 46.0 Å². The highest BCUT2D eigenvalue weighted by molar-refractivity contribution is 7.07. The Hall–Kier alpha value is -3.83. The molecule has 2 heterocycles. The van der Waals surface area contributed by atoms with Crippen LogP contribution in [0.2, 0.25) is 15.1 Å². The van der Waals surface area contributed by atoms with Crippen LogP contribution in [0, 0.1) is 15.9 Å². The summed E-state index contributed by atoms with van der Waals surface area (Å²) in [5, 5.41) is 23.2. The summed E-state index contributed by atoms with van der Waals surface area (Å²) in [5.74, 6) is -0.00750. The molecule has 0 aliphatic rings. The molecule has 0 bridgehead atoms. The molecule has 40 heavy (non-hydrogen) atoms. The van der Waals surface area contributed by atoms with Crippen molar-refractivity contribution in [2.75, 3.05) is 0 Å². The molecule has 3 aromatic carbocycles. The van der Waals surface area contributed by atoms with Crippen molar-refractivity contribution in [3.05, 3.63) is 119 Å². The first kappa shape index (κ1) is 27.7. The zero-order chi connectivity index (χ0) is 28.4. The number of hydrogen-bond acceptors (Lipinski definition) is 7. The molecule has 0 aliphatic heterocycles. The molecule has 202 valence electrons. The lowest BCUT2D eigenvalue weighted by Crippen LogP contribution is -2.13. The fourth-order valence-electron chi connectivity index (χ4n) is 3.80. The molecule has 0 aliphatic carbocycles. The summed E-state index contributed by atoms with van der Waals surface area (Å²) in [4.78, 5) is 16.3. The first-order valence-corrected chi connectivity index (χ1v) is 13.6. The fourth-order valence-corrected chi connectivity index (χ4v) is 5.43. The first-order valence-electron chi connectivity index (χ1n) is 11.6. The van der Waals surface area contributed by atoms with Gasteiger partial charge in [0.05, 0.1) is 22.7 Å². The second kappa shape index (κ2) is 11.7. The number of halogens is 4. The van der Waals surface area contributed by atoms with Gasteiger partial charge in [-0.15, -0.1) is 11.3 Å². The molecular formula is C27H17Cl3FN5O3S. The van der Waals surface area contributed by atoms with E-state index in [-0.39, 0.29) is 28.1 Å². The number of hydrogen-bond donors (Lipinski definition) is 0. The average Bonchev–Trinajstić information content (AvgIpc) is 3.55. The maximum absolute atomic E-state index is 13.4. The summed E-state index contributed by atoms with van der Waals surface area (Å²) in [6.45, 7) is 1.87. The Balaban J connectivity index is 1.62. The minimum Gasteiger partial charge on any atom is -0.354 e. The van der Waals surface area contributed by atoms with Crippen LogP contribution >= 0.6 is 46.1 Å². The zero-order valence-corrected chi connectivity index (χ0v) is 23.5. The van der Waals surface area contributed by atoms with Crippen molar-refractivity contribution in [1.82, 2.24) is 9.83 Å². The van der Waals surface area contributed by atoms with Crippen LogP contribution in [0.1, 0.15) is 24.1 Å². The highest BCUT2D eigenvalue weighted by Gasteiger charge is 2.17. The zero-order valence-electron chi connectivity index (χ0n) is 20.5. The van der Waals surface area contributed by atoms with Crippen LogP contribution in [0.5, 0.6) is 0 Å². The molecule has 0 saturated carbocycles. The van der Waals surface area contributed by atoms with Crippen molar-refractivity contribution in [3.63, 3.8) is 0 Å². The van der Waals surface area contributed by atoms with Gasteiger partial charge in [0.25, 0.3) is 5.69 Å². The van der Waals surface area contributed by atoms with Gasteiger partial charge in [-0.3, -0.25) is 10.1 Å². The third-order valence-electron chi connectivity index (χ3n) is 5.81. The molecule has 13 heteroatoms. The van der Waals surface area contributed by atoms with E-state index in [0.717, 1.165) is 5.56 Å². The number of nitro benzene ring substituents is 1. The Morgan fingerprint density at radius 1 is 1.07 bits per heavy atom. The van der Waals surface area contributed by atoms with E-state index < -0.39 is 4.92 Å². The van der Waals surface area contributed by atoms with Gasteiger partial charge in [0.1, 0.15) is 17.2 Å². The van der Waals surface area contributed by atoms with E-state index in [1.807, 2.05) is 6.92 Å². The topological polar surface area (TPSA) is 98.8 Å². The van der Waals surface area contributed by atoms with Crippen molar-refractivity contribution >= 4 is 58.0 Å². The minimum absolute atomic E-state index is 0.202. The van der Waals surface area contributed by atoms with Crippen LogP contribution < -0.4 is 4.80 Å². The van der Waals surface area contributed by atoms with E-state index >= 15 is 0 Å². The number of aromatic nitrogens is 2. The van der Waals surface area contributed by atoms with Crippen LogP contribution in [0.4, 0.5) is 10.1 Å². The number of rotatable bonds is 7. The maximum Gasteiger partial charge on any atom is 0.279 e. The SMILES string of the molecule is CC(N=c1scc(-c2cc(-c3ccc(F)cc3)no2)n1/N=C/c1ccc(Cl)cc1[N+](=O)[O-])c1ccc(Cl)cc1Cl. The van der Waals surface area contributed by atoms with Crippen molar-refractivity contribution in [2.24, 2.45) is 10.1 Å². The van der Waals surface area contributed by atoms with E-state index in [1.165, 1.54) is 52.6 Å². The third-order valence-corrected chi connectivity index (χ3v) is 7.43. The Kier molecular flexibility index (Phi) is 8.13. The van der Waals surface area contributed by atoms with Crippen LogP contribution in [0.15, 0.2) is 86.7 Å². The summed E-state index contributed by atoms with van der Waals surface area (Å²) in [7, 11) is 0. The normalized spacial score (nSPS) is 12.8. The Morgan fingerprint density at radius 3 is 2.52 bits per heavy atom. The van der Waals surface area contributed by atoms with E-state index in [1.54, 1.807) is 41.8 Å². The van der Waals surface area contributed by atoms with Crippen LogP contribution in [0.25, 0.3) is 22.7 Å². The number of thiazole rings is 1. The molecule has 0 N–H and O–H groups in total. The minimum atomic E-state index is -0.534. The lowest BCUT2D eigenvalue weighted by molar-refractivity contribution is -0.385. The average molecular weight is 617 g/mol. The van der Waals surface area contributed by atoms with Gasteiger partial charge in [-0.05, 0) is 61.0 Å². The molecule has 0 fully saturated rings. The smallest absolute Gasteiger partial charge is 0.279 e. The first-order chi connectivity index (χ1) is 19.2. The number of nitrogens with zero attached hydrogens (tertiary/aromatic N) is 5. The second-order valence-electron chi connectivity index (χ2n) is 8.47. The standard InChI is InChI=1S/C27H17Cl3FN5O3S/c1-15(21-9-6-18(28)10-22(21)30)33-27-35(32-13-17-2-5-19(29)11-24(17)36(37)38)25(14-40-27)26-12-23(34-39-26)16-3-7-20(31)8-4-16/h2-15H,1H3/b32-13+,33-27?. The highest BCUT2D eigenvalue weighted by atomic mass is 35.5. The van der Waals surface area contributed by atoms with Crippen LogP contribution in [0.3, 0.4) is 0 Å². The van der Waals surface area contributed by atoms with Gasteiger partial charge < -0.3 is 4.52 Å². The lowest BCUT2D eigenvalue weighted by atomic mass is 10.1. The third kappa shape index (κ3) is 6.00. The summed E-state index contributed by atoms with van der Waals surface area (Å²) in [6, 6.07) is 16.6. The van der Waals surface area contributed by atoms with Gasteiger partial charge in [-0.2, -0.15) is 5.10 Å². The molecule has 5 rings (SSSR count). The Morgan fingerprint density at radius 2 is 1.80 bits per heavy atom. The van der Waals surface area contributed by atoms with Crippen LogP contribution in [-0.4, -0.2) is 21.0 Å². The molecular weight excluding hydrogens is 600 g/mol. The molecule has 1 atom stereocenters. The molecule has 0 spiro atoms. The van der Waals surface area contributed by atoms with Gasteiger partial charge >= 0.3 is 0 Å². The van der Waals surface area contributed by atoms with Gasteiger partial charge in [0.15, 0.2) is 5.76 Å². The Labute approximate surface area is 245 Å². The van der Waals surface area contributed by atoms with E-state index in [0.29, 0.717) is 37.6 Å². The molecule has 1 unspecified atom stereocenters. The van der Waals surface area contributed by atoms with E-state index in [2.05, 4.69) is 10.3 Å². The summed E-state index contributed by atoms with van der Waals surface area (Å²) >= 11 is 19.7. The summed E-state index contributed by atoms with van der Waals surface area (Å²) < 4.78 is 20.5. The van der Waals surface area contributed by atoms with Gasteiger partial charge in [0.2, 0.25) is 4.80 Å². The van der Waals surface area contributed by atoms with E-state index in [9.17, 15) is 14.5 Å². The van der Waals surface area contributed by atoms with Gasteiger partial charge in [-0.25, -0.2) is 14.1 Å². The van der Waals surface area contributed by atoms with Crippen molar-refractivity contribution < 1.29 is 13.8 Å². The molecule has 0 amide bonds. The molecule has 5 aromatic rings. The van der Waals surface area contributed by atoms with E-state index in [4.69, 9.17) is 44.3 Å². The Bertz CT molecular complexity index is 1810. The lowest BCUT2D eigenvalue weighted by Gasteiger charge is -2.09. The number of benzene rings is 3. The van der Waals surface area contributed by atoms with Gasteiger partial charge in [0, 0.05) is 38.1 Å². The molecule has 0 saturated heterocycles. The summed E-state index contributed by atoms with van der Waals surface area (Å²) in [6.07, 6.45) is 1.35. The van der Waals surface area contributed by atoms with Crippen molar-refractivity contribution in [2.45, 2.75) is 13.0 Å². The maximum atomic E-state index is 13.4. The number of nitro groups is 1. The van der Waals surface area contributed by atoms with Crippen molar-refractivity contribution in [3.8, 4) is 22.7 Å². The highest BCUT2D eigenvalue weighted by Crippen LogP contribution is 2.30. The monoisotopic (exact) mass is 615 g/mol. The molecule has 0 radical (unpaired) electrons. The second-order valence-corrected chi connectivity index (χ2v) is 10.6. The summed E-state index contributed by atoms with van der Waals surface area (Å²) in [5.41, 5.74) is 2.43. The predicted octanol–water partition coefficient (Wildman–Crippen LogP) is 8.42. The largest absolute Gasteiger partial charge is 0.354 e. The molecule has 2 aromatic heterocycles. The van der Waals surface area contributed by atoms with Crippen molar-refractivity contribution in [1.29, 1.82) is 0 Å².